The molecule has 124 valence electrons. The van der Waals surface area contributed by atoms with Crippen LogP contribution >= 0.6 is 0 Å². The summed E-state index contributed by atoms with van der Waals surface area (Å²) in [6, 6.07) is -1.06. The Balaban J connectivity index is 1.87. The molecule has 0 aromatic rings. The van der Waals surface area contributed by atoms with Crippen molar-refractivity contribution in [2.75, 3.05) is 26.2 Å². The number of carbonyl (C=O) groups excluding carboxylic acids is 3. The first kappa shape index (κ1) is 16.5. The van der Waals surface area contributed by atoms with Gasteiger partial charge in [-0.15, -0.1) is 0 Å². The summed E-state index contributed by atoms with van der Waals surface area (Å²) in [6.45, 7) is 5.87. The number of piperazine rings is 1. The van der Waals surface area contributed by atoms with Gasteiger partial charge in [-0.2, -0.15) is 0 Å². The van der Waals surface area contributed by atoms with Crippen molar-refractivity contribution in [1.82, 2.24) is 26.2 Å². The predicted molar refractivity (Wildman–Crippen MR) is 81.2 cm³/mol. The molecular formula is C14H25N5O3. The standard InChI is InChI=1S/C14H25N5O3/c1-9(2)17-14(22)19-7-6-15-11(8-19)13(21)18-10-4-3-5-16-12(10)20/h9-11,15H,3-8H2,1-2H3,(H,16,20)(H,17,22)(H,18,21). The number of urea groups is 1. The third-order valence-corrected chi connectivity index (χ3v) is 3.79. The predicted octanol–water partition coefficient (Wildman–Crippen LogP) is -1.23. The molecule has 22 heavy (non-hydrogen) atoms. The van der Waals surface area contributed by atoms with Crippen molar-refractivity contribution in [2.45, 2.75) is 44.8 Å². The number of nitrogens with zero attached hydrogens (tertiary/aromatic N) is 1. The highest BCUT2D eigenvalue weighted by Gasteiger charge is 2.31. The fraction of sp³-hybridized carbons (Fsp3) is 0.786. The summed E-state index contributed by atoms with van der Waals surface area (Å²) < 4.78 is 0. The minimum atomic E-state index is -0.485. The van der Waals surface area contributed by atoms with E-state index in [0.29, 0.717) is 32.6 Å². The number of piperidine rings is 1. The van der Waals surface area contributed by atoms with Crippen molar-refractivity contribution >= 4 is 17.8 Å². The lowest BCUT2D eigenvalue weighted by atomic mass is 10.1. The number of rotatable bonds is 3. The zero-order valence-corrected chi connectivity index (χ0v) is 13.1. The maximum absolute atomic E-state index is 12.3. The van der Waals surface area contributed by atoms with Crippen molar-refractivity contribution in [2.24, 2.45) is 0 Å². The second-order valence-electron chi connectivity index (χ2n) is 6.05. The number of nitrogens with one attached hydrogen (secondary N) is 4. The van der Waals surface area contributed by atoms with Gasteiger partial charge < -0.3 is 26.2 Å². The molecule has 2 heterocycles. The van der Waals surface area contributed by atoms with Gasteiger partial charge in [-0.25, -0.2) is 4.79 Å². The van der Waals surface area contributed by atoms with E-state index < -0.39 is 12.1 Å². The van der Waals surface area contributed by atoms with Crippen LogP contribution in [0.25, 0.3) is 0 Å². The van der Waals surface area contributed by atoms with Crippen molar-refractivity contribution in [1.29, 1.82) is 0 Å². The Labute approximate surface area is 130 Å². The average Bonchev–Trinajstić information content (AvgIpc) is 2.49. The molecule has 2 aliphatic heterocycles. The summed E-state index contributed by atoms with van der Waals surface area (Å²) in [6.07, 6.45) is 1.51. The van der Waals surface area contributed by atoms with Crippen LogP contribution in [-0.2, 0) is 9.59 Å². The lowest BCUT2D eigenvalue weighted by molar-refractivity contribution is -0.131. The van der Waals surface area contributed by atoms with E-state index in [1.807, 2.05) is 13.8 Å². The summed E-state index contributed by atoms with van der Waals surface area (Å²) in [4.78, 5) is 37.6. The molecule has 0 saturated carbocycles. The van der Waals surface area contributed by atoms with Gasteiger partial charge in [0.2, 0.25) is 11.8 Å². The second kappa shape index (κ2) is 7.44. The molecule has 2 saturated heterocycles. The summed E-state index contributed by atoms with van der Waals surface area (Å²) in [7, 11) is 0. The maximum Gasteiger partial charge on any atom is 0.317 e. The van der Waals surface area contributed by atoms with Crippen LogP contribution in [0.3, 0.4) is 0 Å². The van der Waals surface area contributed by atoms with E-state index in [1.165, 1.54) is 0 Å². The van der Waals surface area contributed by atoms with Crippen LogP contribution in [0.4, 0.5) is 4.79 Å². The van der Waals surface area contributed by atoms with Gasteiger partial charge in [-0.3, -0.25) is 9.59 Å². The van der Waals surface area contributed by atoms with Crippen LogP contribution < -0.4 is 21.3 Å². The molecule has 0 spiro atoms. The van der Waals surface area contributed by atoms with Crippen LogP contribution in [-0.4, -0.2) is 67.0 Å². The Morgan fingerprint density at radius 1 is 1.32 bits per heavy atom. The molecule has 8 nitrogen and oxygen atoms in total. The van der Waals surface area contributed by atoms with Crippen LogP contribution in [0.2, 0.25) is 0 Å². The minimum absolute atomic E-state index is 0.0561. The van der Waals surface area contributed by atoms with Crippen LogP contribution in [0, 0.1) is 0 Å². The Morgan fingerprint density at radius 2 is 2.09 bits per heavy atom. The molecular weight excluding hydrogens is 286 g/mol. The number of hydrogen-bond donors (Lipinski definition) is 4. The third-order valence-electron chi connectivity index (χ3n) is 3.79. The van der Waals surface area contributed by atoms with E-state index >= 15 is 0 Å². The van der Waals surface area contributed by atoms with E-state index in [9.17, 15) is 14.4 Å². The van der Waals surface area contributed by atoms with Gasteiger partial charge in [0.25, 0.3) is 0 Å². The zero-order valence-electron chi connectivity index (χ0n) is 13.1. The first-order chi connectivity index (χ1) is 10.5. The smallest absolute Gasteiger partial charge is 0.317 e. The second-order valence-corrected chi connectivity index (χ2v) is 6.05. The van der Waals surface area contributed by atoms with E-state index in [0.717, 1.165) is 6.42 Å². The van der Waals surface area contributed by atoms with E-state index in [2.05, 4.69) is 21.3 Å². The van der Waals surface area contributed by atoms with Crippen LogP contribution in [0.1, 0.15) is 26.7 Å². The average molecular weight is 311 g/mol. The number of carbonyl (C=O) groups is 3. The topological polar surface area (TPSA) is 103 Å². The Kier molecular flexibility index (Phi) is 5.59. The molecule has 2 aliphatic rings. The highest BCUT2D eigenvalue weighted by Crippen LogP contribution is 2.05. The third kappa shape index (κ3) is 4.33. The lowest BCUT2D eigenvalue weighted by Gasteiger charge is -2.34. The molecule has 4 amide bonds. The molecule has 8 heteroatoms. The van der Waals surface area contributed by atoms with Crippen molar-refractivity contribution in [3.8, 4) is 0 Å². The van der Waals surface area contributed by atoms with E-state index in [1.54, 1.807) is 4.90 Å². The summed E-state index contributed by atoms with van der Waals surface area (Å²) in [5.41, 5.74) is 0. The molecule has 2 fully saturated rings. The van der Waals surface area contributed by atoms with Crippen LogP contribution in [0.5, 0.6) is 0 Å². The van der Waals surface area contributed by atoms with Crippen molar-refractivity contribution < 1.29 is 14.4 Å². The highest BCUT2D eigenvalue weighted by atomic mass is 16.2. The minimum Gasteiger partial charge on any atom is -0.354 e. The van der Waals surface area contributed by atoms with Gasteiger partial charge in [0.05, 0.1) is 0 Å². The molecule has 0 radical (unpaired) electrons. The molecule has 2 atom stereocenters. The molecule has 2 rings (SSSR count). The normalized spacial score (nSPS) is 25.6. The summed E-state index contributed by atoms with van der Waals surface area (Å²) in [5.74, 6) is -0.367. The van der Waals surface area contributed by atoms with Gasteiger partial charge in [0.1, 0.15) is 12.1 Å². The molecule has 0 aliphatic carbocycles. The SMILES string of the molecule is CC(C)NC(=O)N1CCNC(C(=O)NC2CCCNC2=O)C1. The quantitative estimate of drug-likeness (QED) is 0.524. The first-order valence-corrected chi connectivity index (χ1v) is 7.84. The number of hydrogen-bond acceptors (Lipinski definition) is 4. The highest BCUT2D eigenvalue weighted by molar-refractivity contribution is 5.90. The van der Waals surface area contributed by atoms with E-state index in [4.69, 9.17) is 0 Å². The van der Waals surface area contributed by atoms with Crippen LogP contribution in [0.15, 0.2) is 0 Å². The monoisotopic (exact) mass is 311 g/mol. The molecule has 0 aromatic heterocycles. The number of amides is 4. The first-order valence-electron chi connectivity index (χ1n) is 7.84. The van der Waals surface area contributed by atoms with Gasteiger partial charge >= 0.3 is 6.03 Å². The van der Waals surface area contributed by atoms with Gasteiger partial charge in [0, 0.05) is 32.2 Å². The largest absolute Gasteiger partial charge is 0.354 e. The molecule has 4 N–H and O–H groups in total. The zero-order chi connectivity index (χ0) is 16.1. The van der Waals surface area contributed by atoms with Gasteiger partial charge in [-0.1, -0.05) is 0 Å². The Morgan fingerprint density at radius 3 is 2.77 bits per heavy atom. The van der Waals surface area contributed by atoms with Crippen molar-refractivity contribution in [3.05, 3.63) is 0 Å². The maximum atomic E-state index is 12.3. The summed E-state index contributed by atoms with van der Waals surface area (Å²) >= 11 is 0. The van der Waals surface area contributed by atoms with Gasteiger partial charge in [0.15, 0.2) is 0 Å². The fourth-order valence-electron chi connectivity index (χ4n) is 2.63. The Bertz CT molecular complexity index is 440. The van der Waals surface area contributed by atoms with Gasteiger partial charge in [-0.05, 0) is 26.7 Å². The van der Waals surface area contributed by atoms with Crippen molar-refractivity contribution in [3.63, 3.8) is 0 Å². The fourth-order valence-corrected chi connectivity index (χ4v) is 2.63. The molecule has 0 bridgehead atoms. The molecule has 0 aromatic carbocycles. The summed E-state index contributed by atoms with van der Waals surface area (Å²) in [5, 5.41) is 11.4. The Hall–Kier alpha value is -1.83. The van der Waals surface area contributed by atoms with E-state index in [-0.39, 0.29) is 23.9 Å². The lowest BCUT2D eigenvalue weighted by Crippen LogP contribution is -2.62. The molecule has 2 unspecified atom stereocenters.